The molecule has 4 aromatic rings. The van der Waals surface area contributed by atoms with E-state index in [1.165, 1.54) is 0 Å². The Balaban J connectivity index is 1.47. The van der Waals surface area contributed by atoms with Gasteiger partial charge in [-0.05, 0) is 35.4 Å². The van der Waals surface area contributed by atoms with Crippen LogP contribution >= 0.6 is 0 Å². The number of nitrogens with zero attached hydrogens (tertiary/aromatic N) is 6. The summed E-state index contributed by atoms with van der Waals surface area (Å²) in [7, 11) is 8.06. The van der Waals surface area contributed by atoms with Crippen LogP contribution in [-0.4, -0.2) is 50.8 Å². The number of anilines is 4. The summed E-state index contributed by atoms with van der Waals surface area (Å²) in [4.78, 5) is 4.11. The van der Waals surface area contributed by atoms with Gasteiger partial charge in [0, 0.05) is 50.3 Å². The Labute approximate surface area is 199 Å². The minimum Gasteiger partial charge on any atom is -0.378 e. The highest BCUT2D eigenvalue weighted by Gasteiger charge is 2.08. The minimum atomic E-state index is 0.575. The maximum absolute atomic E-state index is 4.34. The van der Waals surface area contributed by atoms with Gasteiger partial charge in [-0.2, -0.15) is 10.2 Å². The molecule has 8 heteroatoms. The van der Waals surface area contributed by atoms with E-state index >= 15 is 0 Å². The maximum Gasteiger partial charge on any atom is 0.176 e. The van der Waals surface area contributed by atoms with Crippen LogP contribution in [0.5, 0.6) is 0 Å². The van der Waals surface area contributed by atoms with Crippen LogP contribution in [-0.2, 0) is 0 Å². The molecular weight excluding hydrogens is 424 g/mol. The lowest BCUT2D eigenvalue weighted by molar-refractivity contribution is 1.03. The molecule has 0 fully saturated rings. The van der Waals surface area contributed by atoms with Crippen LogP contribution in [0.15, 0.2) is 83.0 Å². The van der Waals surface area contributed by atoms with Crippen molar-refractivity contribution in [2.24, 2.45) is 10.2 Å². The molecule has 8 nitrogen and oxygen atoms in total. The molecule has 34 heavy (non-hydrogen) atoms. The van der Waals surface area contributed by atoms with E-state index in [-0.39, 0.29) is 0 Å². The average Bonchev–Trinajstić information content (AvgIpc) is 2.85. The van der Waals surface area contributed by atoms with E-state index in [0.717, 1.165) is 33.3 Å². The second kappa shape index (κ2) is 10.4. The first-order valence-corrected chi connectivity index (χ1v) is 10.9. The molecule has 4 rings (SSSR count). The molecule has 2 N–H and O–H groups in total. The van der Waals surface area contributed by atoms with Gasteiger partial charge in [-0.1, -0.05) is 48.5 Å². The standard InChI is InChI=1S/C26H28N8/c1-33(2)21-13-9-19(10-14-21)17-27-29-25-23-7-5-6-8-24(23)26(32-31-25)30-28-18-20-11-15-22(16-12-20)34(3)4/h5-18H,1-4H3,(H,29,31)(H,30,32)/b27-17-,28-18+. The first-order valence-electron chi connectivity index (χ1n) is 10.9. The minimum absolute atomic E-state index is 0.575. The van der Waals surface area contributed by atoms with Gasteiger partial charge < -0.3 is 9.80 Å². The van der Waals surface area contributed by atoms with E-state index in [1.807, 2.05) is 101 Å². The number of hydrogen-bond acceptors (Lipinski definition) is 8. The number of aromatic nitrogens is 2. The number of hydrazone groups is 2. The first-order chi connectivity index (χ1) is 16.5. The molecule has 0 saturated carbocycles. The molecule has 0 saturated heterocycles. The summed E-state index contributed by atoms with van der Waals surface area (Å²) in [6.07, 6.45) is 3.52. The zero-order valence-corrected chi connectivity index (χ0v) is 19.8. The summed E-state index contributed by atoms with van der Waals surface area (Å²) in [6, 6.07) is 24.1. The van der Waals surface area contributed by atoms with Gasteiger partial charge >= 0.3 is 0 Å². The zero-order valence-electron chi connectivity index (χ0n) is 19.8. The summed E-state index contributed by atoms with van der Waals surface area (Å²) >= 11 is 0. The maximum atomic E-state index is 4.34. The Morgan fingerprint density at radius 1 is 0.588 bits per heavy atom. The van der Waals surface area contributed by atoms with E-state index in [4.69, 9.17) is 0 Å². The molecule has 172 valence electrons. The molecule has 0 aliphatic heterocycles. The van der Waals surface area contributed by atoms with Gasteiger partial charge in [0.15, 0.2) is 11.6 Å². The smallest absolute Gasteiger partial charge is 0.176 e. The van der Waals surface area contributed by atoms with Crippen LogP contribution in [0.1, 0.15) is 11.1 Å². The van der Waals surface area contributed by atoms with Crippen molar-refractivity contribution in [2.75, 3.05) is 48.8 Å². The zero-order chi connectivity index (χ0) is 23.9. The molecule has 0 aliphatic carbocycles. The molecule has 0 bridgehead atoms. The van der Waals surface area contributed by atoms with Crippen molar-refractivity contribution in [3.05, 3.63) is 83.9 Å². The molecule has 0 aliphatic rings. The monoisotopic (exact) mass is 452 g/mol. The lowest BCUT2D eigenvalue weighted by Gasteiger charge is -2.11. The van der Waals surface area contributed by atoms with E-state index in [1.54, 1.807) is 12.4 Å². The van der Waals surface area contributed by atoms with Gasteiger partial charge in [0.1, 0.15) is 0 Å². The summed E-state index contributed by atoms with van der Waals surface area (Å²) < 4.78 is 0. The van der Waals surface area contributed by atoms with Gasteiger partial charge in [0.2, 0.25) is 0 Å². The van der Waals surface area contributed by atoms with Crippen LogP contribution in [0, 0.1) is 0 Å². The fourth-order valence-electron chi connectivity index (χ4n) is 3.32. The fraction of sp³-hybridized carbons (Fsp3) is 0.154. The van der Waals surface area contributed by atoms with Crippen LogP contribution in [0.3, 0.4) is 0 Å². The van der Waals surface area contributed by atoms with Crippen LogP contribution < -0.4 is 20.7 Å². The van der Waals surface area contributed by atoms with Crippen molar-refractivity contribution in [1.29, 1.82) is 0 Å². The molecule has 3 aromatic carbocycles. The predicted octanol–water partition coefficient (Wildman–Crippen LogP) is 4.65. The van der Waals surface area contributed by atoms with Gasteiger partial charge in [-0.3, -0.25) is 10.9 Å². The lowest BCUT2D eigenvalue weighted by atomic mass is 10.2. The molecule has 0 amide bonds. The topological polar surface area (TPSA) is 81.0 Å². The molecular formula is C26H28N8. The lowest BCUT2D eigenvalue weighted by Crippen LogP contribution is -2.08. The SMILES string of the molecule is CN(C)c1ccc(/C=N\Nc2nnc(N/N=C/c3ccc(N(C)C)cc3)c3ccccc23)cc1. The number of fused-ring (bicyclic) bond motifs is 1. The molecule has 1 aromatic heterocycles. The van der Waals surface area contributed by atoms with Gasteiger partial charge in [-0.25, -0.2) is 0 Å². The number of rotatable bonds is 8. The highest BCUT2D eigenvalue weighted by molar-refractivity contribution is 5.98. The third-order valence-corrected chi connectivity index (χ3v) is 5.27. The van der Waals surface area contributed by atoms with Crippen molar-refractivity contribution < 1.29 is 0 Å². The van der Waals surface area contributed by atoms with E-state index in [9.17, 15) is 0 Å². The second-order valence-electron chi connectivity index (χ2n) is 8.15. The van der Waals surface area contributed by atoms with Crippen LogP contribution in [0.2, 0.25) is 0 Å². The second-order valence-corrected chi connectivity index (χ2v) is 8.15. The fourth-order valence-corrected chi connectivity index (χ4v) is 3.32. The average molecular weight is 453 g/mol. The summed E-state index contributed by atoms with van der Waals surface area (Å²) in [6.45, 7) is 0. The Kier molecular flexibility index (Phi) is 6.98. The third kappa shape index (κ3) is 5.47. The summed E-state index contributed by atoms with van der Waals surface area (Å²) in [5.74, 6) is 1.15. The highest BCUT2D eigenvalue weighted by atomic mass is 15.4. The first kappa shape index (κ1) is 22.7. The van der Waals surface area contributed by atoms with Crippen LogP contribution in [0.25, 0.3) is 10.8 Å². The predicted molar refractivity (Wildman–Crippen MR) is 144 cm³/mol. The van der Waals surface area contributed by atoms with Crippen molar-refractivity contribution in [3.8, 4) is 0 Å². The van der Waals surface area contributed by atoms with Gasteiger partial charge in [0.05, 0.1) is 12.4 Å². The van der Waals surface area contributed by atoms with Crippen molar-refractivity contribution in [2.45, 2.75) is 0 Å². The Bertz CT molecular complexity index is 1190. The normalized spacial score (nSPS) is 11.3. The Morgan fingerprint density at radius 2 is 0.971 bits per heavy atom. The quantitative estimate of drug-likeness (QED) is 0.299. The van der Waals surface area contributed by atoms with Gasteiger partial charge in [0.25, 0.3) is 0 Å². The Hall–Kier alpha value is -4.46. The molecule has 0 radical (unpaired) electrons. The van der Waals surface area contributed by atoms with Crippen molar-refractivity contribution in [3.63, 3.8) is 0 Å². The number of nitrogens with one attached hydrogen (secondary N) is 2. The van der Waals surface area contributed by atoms with E-state index in [2.05, 4.69) is 41.1 Å². The largest absolute Gasteiger partial charge is 0.378 e. The number of hydrogen-bond donors (Lipinski definition) is 2. The van der Waals surface area contributed by atoms with Crippen molar-refractivity contribution in [1.82, 2.24) is 10.2 Å². The number of benzene rings is 3. The Morgan fingerprint density at radius 3 is 1.32 bits per heavy atom. The highest BCUT2D eigenvalue weighted by Crippen LogP contribution is 2.26. The molecule has 0 spiro atoms. The molecule has 0 atom stereocenters. The summed E-state index contributed by atoms with van der Waals surface area (Å²) in [5, 5.41) is 19.1. The van der Waals surface area contributed by atoms with Crippen LogP contribution in [0.4, 0.5) is 23.0 Å². The van der Waals surface area contributed by atoms with E-state index < -0.39 is 0 Å². The molecule has 0 unspecified atom stereocenters. The third-order valence-electron chi connectivity index (χ3n) is 5.27. The van der Waals surface area contributed by atoms with Gasteiger partial charge in [-0.15, -0.1) is 10.2 Å². The molecule has 1 heterocycles. The summed E-state index contributed by atoms with van der Waals surface area (Å²) in [5.41, 5.74) is 10.3. The van der Waals surface area contributed by atoms with Crippen molar-refractivity contribution >= 4 is 46.2 Å². The van der Waals surface area contributed by atoms with E-state index in [0.29, 0.717) is 11.6 Å².